The molecule has 21 heavy (non-hydrogen) atoms. The zero-order valence-corrected chi connectivity index (χ0v) is 12.0. The van der Waals surface area contributed by atoms with E-state index in [1.54, 1.807) is 6.07 Å². The van der Waals surface area contributed by atoms with E-state index >= 15 is 0 Å². The minimum atomic E-state index is -4.31. The van der Waals surface area contributed by atoms with Crippen molar-refractivity contribution >= 4 is 0 Å². The highest BCUT2D eigenvalue weighted by atomic mass is 19.4. The van der Waals surface area contributed by atoms with Gasteiger partial charge in [0.2, 0.25) is 0 Å². The molecule has 0 aliphatic rings. The van der Waals surface area contributed by atoms with Crippen LogP contribution < -0.4 is 5.32 Å². The van der Waals surface area contributed by atoms with Crippen molar-refractivity contribution in [3.63, 3.8) is 0 Å². The van der Waals surface area contributed by atoms with Gasteiger partial charge in [0.15, 0.2) is 0 Å². The van der Waals surface area contributed by atoms with Crippen molar-refractivity contribution in [3.8, 4) is 11.1 Å². The Morgan fingerprint density at radius 3 is 2.19 bits per heavy atom. The number of benzene rings is 2. The number of hydrogen-bond donors (Lipinski definition) is 1. The van der Waals surface area contributed by atoms with Gasteiger partial charge >= 0.3 is 6.18 Å². The SMILES string of the molecule is CC(C)NCc1ccc(-c2cccc(C(F)(F)F)c2)cc1. The fourth-order valence-electron chi connectivity index (χ4n) is 2.01. The summed E-state index contributed by atoms with van der Waals surface area (Å²) in [6, 6.07) is 13.4. The van der Waals surface area contributed by atoms with Crippen LogP contribution in [0.4, 0.5) is 13.2 Å². The van der Waals surface area contributed by atoms with E-state index in [4.69, 9.17) is 0 Å². The molecule has 0 saturated heterocycles. The zero-order chi connectivity index (χ0) is 15.5. The Labute approximate surface area is 122 Å². The van der Waals surface area contributed by atoms with Gasteiger partial charge in [0.1, 0.15) is 0 Å². The van der Waals surface area contributed by atoms with Crippen molar-refractivity contribution in [2.24, 2.45) is 0 Å². The fourth-order valence-corrected chi connectivity index (χ4v) is 2.01. The predicted octanol–water partition coefficient (Wildman–Crippen LogP) is 4.87. The van der Waals surface area contributed by atoms with Gasteiger partial charge in [-0.2, -0.15) is 13.2 Å². The van der Waals surface area contributed by atoms with E-state index in [-0.39, 0.29) is 0 Å². The Bertz CT molecular complexity index is 586. The normalized spacial score (nSPS) is 11.9. The van der Waals surface area contributed by atoms with Crippen LogP contribution in [0.3, 0.4) is 0 Å². The molecule has 0 aliphatic carbocycles. The minimum absolute atomic E-state index is 0.396. The lowest BCUT2D eigenvalue weighted by Crippen LogP contribution is -2.21. The average molecular weight is 293 g/mol. The van der Waals surface area contributed by atoms with Crippen molar-refractivity contribution in [1.82, 2.24) is 5.32 Å². The molecule has 0 spiro atoms. The van der Waals surface area contributed by atoms with Crippen molar-refractivity contribution in [1.29, 1.82) is 0 Å². The second kappa shape index (κ2) is 6.31. The molecule has 0 aromatic heterocycles. The fraction of sp³-hybridized carbons (Fsp3) is 0.294. The molecule has 2 aromatic rings. The molecular weight excluding hydrogens is 275 g/mol. The first-order chi connectivity index (χ1) is 9.86. The van der Waals surface area contributed by atoms with Gasteiger partial charge in [-0.3, -0.25) is 0 Å². The molecule has 0 unspecified atom stereocenters. The molecule has 0 heterocycles. The highest BCUT2D eigenvalue weighted by molar-refractivity contribution is 5.64. The first kappa shape index (κ1) is 15.6. The smallest absolute Gasteiger partial charge is 0.310 e. The lowest BCUT2D eigenvalue weighted by Gasteiger charge is -2.10. The summed E-state index contributed by atoms with van der Waals surface area (Å²) in [5.41, 5.74) is 1.85. The van der Waals surface area contributed by atoms with Gasteiger partial charge in [-0.15, -0.1) is 0 Å². The van der Waals surface area contributed by atoms with Crippen LogP contribution in [-0.2, 0) is 12.7 Å². The molecule has 1 N–H and O–H groups in total. The van der Waals surface area contributed by atoms with E-state index in [9.17, 15) is 13.2 Å². The maximum atomic E-state index is 12.7. The lowest BCUT2D eigenvalue weighted by molar-refractivity contribution is -0.137. The van der Waals surface area contributed by atoms with Crippen LogP contribution >= 0.6 is 0 Å². The van der Waals surface area contributed by atoms with Gasteiger partial charge in [-0.25, -0.2) is 0 Å². The first-order valence-electron chi connectivity index (χ1n) is 6.86. The van der Waals surface area contributed by atoms with Crippen LogP contribution in [0.5, 0.6) is 0 Å². The first-order valence-corrected chi connectivity index (χ1v) is 6.86. The predicted molar refractivity (Wildman–Crippen MR) is 78.9 cm³/mol. The Hall–Kier alpha value is -1.81. The van der Waals surface area contributed by atoms with Gasteiger partial charge in [0, 0.05) is 12.6 Å². The summed E-state index contributed by atoms with van der Waals surface area (Å²) < 4.78 is 38.1. The molecular formula is C17H18F3N. The Kier molecular flexibility index (Phi) is 4.68. The standard InChI is InChI=1S/C17H18F3N/c1-12(2)21-11-13-6-8-14(9-7-13)15-4-3-5-16(10-15)17(18,19)20/h3-10,12,21H,11H2,1-2H3. The van der Waals surface area contributed by atoms with Crippen molar-refractivity contribution in [2.45, 2.75) is 32.6 Å². The van der Waals surface area contributed by atoms with E-state index in [0.717, 1.165) is 23.7 Å². The van der Waals surface area contributed by atoms with E-state index < -0.39 is 11.7 Å². The summed E-state index contributed by atoms with van der Waals surface area (Å²) in [6.07, 6.45) is -4.31. The van der Waals surface area contributed by atoms with Crippen LogP contribution in [0.25, 0.3) is 11.1 Å². The largest absolute Gasteiger partial charge is 0.416 e. The molecule has 0 amide bonds. The highest BCUT2D eigenvalue weighted by Crippen LogP contribution is 2.32. The summed E-state index contributed by atoms with van der Waals surface area (Å²) in [5, 5.41) is 3.30. The topological polar surface area (TPSA) is 12.0 Å². The second-order valence-electron chi connectivity index (χ2n) is 5.31. The summed E-state index contributed by atoms with van der Waals surface area (Å²) >= 11 is 0. The molecule has 1 nitrogen and oxygen atoms in total. The monoisotopic (exact) mass is 293 g/mol. The summed E-state index contributed by atoms with van der Waals surface area (Å²) in [7, 11) is 0. The Morgan fingerprint density at radius 2 is 1.62 bits per heavy atom. The maximum Gasteiger partial charge on any atom is 0.416 e. The van der Waals surface area contributed by atoms with E-state index in [1.165, 1.54) is 12.1 Å². The number of rotatable bonds is 4. The number of hydrogen-bond acceptors (Lipinski definition) is 1. The molecule has 2 aromatic carbocycles. The summed E-state index contributed by atoms with van der Waals surface area (Å²) in [6.45, 7) is 4.88. The molecule has 0 saturated carbocycles. The average Bonchev–Trinajstić information content (AvgIpc) is 2.45. The summed E-state index contributed by atoms with van der Waals surface area (Å²) in [4.78, 5) is 0. The van der Waals surface area contributed by atoms with E-state index in [1.807, 2.05) is 24.3 Å². The molecule has 0 bridgehead atoms. The maximum absolute atomic E-state index is 12.7. The van der Waals surface area contributed by atoms with Crippen LogP contribution in [0.1, 0.15) is 25.0 Å². The summed E-state index contributed by atoms with van der Waals surface area (Å²) in [5.74, 6) is 0. The van der Waals surface area contributed by atoms with Crippen molar-refractivity contribution in [2.75, 3.05) is 0 Å². The van der Waals surface area contributed by atoms with Gasteiger partial charge in [0.25, 0.3) is 0 Å². The van der Waals surface area contributed by atoms with Crippen LogP contribution in [-0.4, -0.2) is 6.04 Å². The highest BCUT2D eigenvalue weighted by Gasteiger charge is 2.30. The number of halogens is 3. The molecule has 0 aliphatic heterocycles. The second-order valence-corrected chi connectivity index (χ2v) is 5.31. The third-order valence-electron chi connectivity index (χ3n) is 3.19. The van der Waals surface area contributed by atoms with E-state index in [0.29, 0.717) is 11.6 Å². The van der Waals surface area contributed by atoms with Gasteiger partial charge in [-0.05, 0) is 28.8 Å². The molecule has 4 heteroatoms. The quantitative estimate of drug-likeness (QED) is 0.848. The van der Waals surface area contributed by atoms with Gasteiger partial charge in [-0.1, -0.05) is 50.2 Å². The van der Waals surface area contributed by atoms with Crippen molar-refractivity contribution in [3.05, 3.63) is 59.7 Å². The number of alkyl halides is 3. The Balaban J connectivity index is 2.19. The van der Waals surface area contributed by atoms with Crippen LogP contribution in [0, 0.1) is 0 Å². The van der Waals surface area contributed by atoms with E-state index in [2.05, 4.69) is 19.2 Å². The third-order valence-corrected chi connectivity index (χ3v) is 3.19. The Morgan fingerprint density at radius 1 is 0.952 bits per heavy atom. The molecule has 0 radical (unpaired) electrons. The minimum Gasteiger partial charge on any atom is -0.310 e. The number of nitrogens with one attached hydrogen (secondary N) is 1. The molecule has 112 valence electrons. The molecule has 0 atom stereocenters. The van der Waals surface area contributed by atoms with Crippen LogP contribution in [0.2, 0.25) is 0 Å². The molecule has 0 fully saturated rings. The van der Waals surface area contributed by atoms with Crippen molar-refractivity contribution < 1.29 is 13.2 Å². The third kappa shape index (κ3) is 4.33. The van der Waals surface area contributed by atoms with Crippen LogP contribution in [0.15, 0.2) is 48.5 Å². The zero-order valence-electron chi connectivity index (χ0n) is 12.0. The van der Waals surface area contributed by atoms with Gasteiger partial charge in [0.05, 0.1) is 5.56 Å². The van der Waals surface area contributed by atoms with Gasteiger partial charge < -0.3 is 5.32 Å². The lowest BCUT2D eigenvalue weighted by atomic mass is 10.0. The molecule has 2 rings (SSSR count).